The second-order valence-corrected chi connectivity index (χ2v) is 5.49. The smallest absolute Gasteiger partial charge is 0.330 e. The quantitative estimate of drug-likeness (QED) is 0.123. The molecule has 0 aromatic heterocycles. The van der Waals surface area contributed by atoms with Crippen molar-refractivity contribution < 1.29 is 52.6 Å². The minimum Gasteiger partial charge on any atom is -0.480 e. The molecule has 0 aromatic carbocycles. The monoisotopic (exact) mass is 438 g/mol. The molecular weight excluding hydrogens is 404 g/mol. The molecule has 0 radical (unpaired) electrons. The van der Waals surface area contributed by atoms with E-state index in [2.05, 4.69) is 6.58 Å². The number of carboxylic acid groups (broad SMARTS) is 1. The van der Waals surface area contributed by atoms with E-state index in [-0.39, 0.29) is 19.8 Å². The van der Waals surface area contributed by atoms with Gasteiger partial charge in [-0.25, -0.2) is 9.59 Å². The number of carbonyl (C=O) groups excluding carboxylic acids is 1. The lowest BCUT2D eigenvalue weighted by molar-refractivity contribution is -0.143. The number of hydrogen-bond acceptors (Lipinski definition) is 10. The highest BCUT2D eigenvalue weighted by Gasteiger charge is 1.97. The van der Waals surface area contributed by atoms with Crippen LogP contribution in [0.5, 0.6) is 0 Å². The molecule has 0 saturated heterocycles. The summed E-state index contributed by atoms with van der Waals surface area (Å²) in [5.74, 6) is -1.46. The zero-order valence-corrected chi connectivity index (χ0v) is 17.4. The van der Waals surface area contributed by atoms with Gasteiger partial charge in [-0.1, -0.05) is 6.58 Å². The van der Waals surface area contributed by atoms with Gasteiger partial charge >= 0.3 is 11.9 Å². The fourth-order valence-corrected chi connectivity index (χ4v) is 1.74. The summed E-state index contributed by atoms with van der Waals surface area (Å²) in [5.41, 5.74) is 0. The Kier molecular flexibility index (Phi) is 22.4. The Morgan fingerprint density at radius 2 is 0.867 bits per heavy atom. The summed E-state index contributed by atoms with van der Waals surface area (Å²) in [7, 11) is 0. The number of esters is 1. The summed E-state index contributed by atoms with van der Waals surface area (Å²) in [5, 5.41) is 8.37. The minimum atomic E-state index is -0.999. The average molecular weight is 438 g/mol. The fraction of sp³-hybridized carbons (Fsp3) is 0.789. The van der Waals surface area contributed by atoms with Crippen molar-refractivity contribution in [2.75, 3.05) is 99.1 Å². The summed E-state index contributed by atoms with van der Waals surface area (Å²) in [6.07, 6.45) is 1.10. The molecule has 0 unspecified atom stereocenters. The Morgan fingerprint density at radius 3 is 1.17 bits per heavy atom. The van der Waals surface area contributed by atoms with Crippen LogP contribution in [0.25, 0.3) is 0 Å². The molecule has 0 aliphatic carbocycles. The molecule has 1 N–H and O–H groups in total. The maximum atomic E-state index is 10.8. The maximum absolute atomic E-state index is 10.8. The Balaban J connectivity index is 3.04. The molecule has 0 saturated carbocycles. The van der Waals surface area contributed by atoms with E-state index in [0.29, 0.717) is 79.3 Å². The average Bonchev–Trinajstić information content (AvgIpc) is 2.73. The molecule has 0 spiro atoms. The van der Waals surface area contributed by atoms with Gasteiger partial charge in [-0.2, -0.15) is 0 Å². The van der Waals surface area contributed by atoms with Gasteiger partial charge in [0.05, 0.1) is 85.9 Å². The molecule has 0 atom stereocenters. The fourth-order valence-electron chi connectivity index (χ4n) is 1.74. The van der Waals surface area contributed by atoms with Crippen molar-refractivity contribution in [3.8, 4) is 0 Å². The van der Waals surface area contributed by atoms with Gasteiger partial charge in [0, 0.05) is 6.08 Å². The molecule has 0 aliphatic heterocycles. The predicted octanol–water partition coefficient (Wildman–Crippen LogP) is -0.0836. The third-order valence-electron chi connectivity index (χ3n) is 3.10. The van der Waals surface area contributed by atoms with Gasteiger partial charge in [0.1, 0.15) is 13.2 Å². The predicted molar refractivity (Wildman–Crippen MR) is 105 cm³/mol. The third kappa shape index (κ3) is 24.4. The first-order chi connectivity index (χ1) is 14.7. The van der Waals surface area contributed by atoms with Gasteiger partial charge in [0.15, 0.2) is 0 Å². The highest BCUT2D eigenvalue weighted by Crippen LogP contribution is 1.86. The van der Waals surface area contributed by atoms with Crippen LogP contribution >= 0.6 is 0 Å². The van der Waals surface area contributed by atoms with Crippen LogP contribution in [0, 0.1) is 0 Å². The van der Waals surface area contributed by atoms with E-state index in [4.69, 9.17) is 43.0 Å². The minimum absolute atomic E-state index is 0.193. The van der Waals surface area contributed by atoms with E-state index in [1.807, 2.05) is 0 Å². The molecule has 0 amide bonds. The van der Waals surface area contributed by atoms with Crippen molar-refractivity contribution in [1.29, 1.82) is 0 Å². The molecule has 0 fully saturated rings. The van der Waals surface area contributed by atoms with Crippen LogP contribution in [-0.4, -0.2) is 116 Å². The van der Waals surface area contributed by atoms with Crippen molar-refractivity contribution in [1.82, 2.24) is 0 Å². The van der Waals surface area contributed by atoms with E-state index in [0.717, 1.165) is 6.08 Å². The zero-order valence-electron chi connectivity index (χ0n) is 17.4. The first kappa shape index (κ1) is 28.4. The molecule has 0 rings (SSSR count). The van der Waals surface area contributed by atoms with Gasteiger partial charge in [-0.3, -0.25) is 0 Å². The van der Waals surface area contributed by atoms with Crippen molar-refractivity contribution in [3.63, 3.8) is 0 Å². The maximum Gasteiger partial charge on any atom is 0.330 e. The van der Waals surface area contributed by atoms with E-state index in [1.165, 1.54) is 0 Å². The van der Waals surface area contributed by atoms with Crippen molar-refractivity contribution in [3.05, 3.63) is 12.7 Å². The van der Waals surface area contributed by atoms with Crippen LogP contribution in [0.15, 0.2) is 12.7 Å². The lowest BCUT2D eigenvalue weighted by atomic mass is 10.6. The van der Waals surface area contributed by atoms with Crippen LogP contribution in [0.1, 0.15) is 0 Å². The molecular formula is C19H34O11. The number of hydrogen-bond donors (Lipinski definition) is 1. The second kappa shape index (κ2) is 23.7. The Labute approximate surface area is 177 Å². The van der Waals surface area contributed by atoms with Crippen LogP contribution in [-0.2, 0) is 47.5 Å². The number of carbonyl (C=O) groups is 2. The van der Waals surface area contributed by atoms with E-state index in [9.17, 15) is 9.59 Å². The summed E-state index contributed by atoms with van der Waals surface area (Å²) < 4.78 is 41.4. The Morgan fingerprint density at radius 1 is 0.567 bits per heavy atom. The van der Waals surface area contributed by atoms with E-state index < -0.39 is 11.9 Å². The molecule has 176 valence electrons. The van der Waals surface area contributed by atoms with Crippen LogP contribution in [0.4, 0.5) is 0 Å². The van der Waals surface area contributed by atoms with E-state index >= 15 is 0 Å². The first-order valence-corrected chi connectivity index (χ1v) is 9.72. The zero-order chi connectivity index (χ0) is 22.1. The van der Waals surface area contributed by atoms with Crippen LogP contribution in [0.2, 0.25) is 0 Å². The normalized spacial score (nSPS) is 10.8. The SMILES string of the molecule is C=CC(=O)OCCOCCOCCOCCOCCOCCOCCOCC(=O)O. The topological polar surface area (TPSA) is 128 Å². The van der Waals surface area contributed by atoms with Gasteiger partial charge in [0.2, 0.25) is 0 Å². The number of rotatable bonds is 24. The standard InChI is InChI=1S/C19H34O11/c1-2-19(22)30-16-15-28-12-11-26-8-7-24-4-3-23-5-6-25-9-10-27-13-14-29-17-18(20)21/h2H,1,3-17H2,(H,20,21). The van der Waals surface area contributed by atoms with Gasteiger partial charge < -0.3 is 43.0 Å². The third-order valence-corrected chi connectivity index (χ3v) is 3.10. The van der Waals surface area contributed by atoms with Crippen molar-refractivity contribution in [2.45, 2.75) is 0 Å². The van der Waals surface area contributed by atoms with E-state index in [1.54, 1.807) is 0 Å². The summed E-state index contributed by atoms with van der Waals surface area (Å²) in [4.78, 5) is 21.0. The Hall–Kier alpha value is -1.60. The highest BCUT2D eigenvalue weighted by atomic mass is 16.6. The largest absolute Gasteiger partial charge is 0.480 e. The number of aliphatic carboxylic acids is 1. The summed E-state index contributed by atoms with van der Waals surface area (Å²) in [6, 6.07) is 0. The first-order valence-electron chi connectivity index (χ1n) is 9.72. The summed E-state index contributed by atoms with van der Waals surface area (Å²) in [6.45, 7) is 8.51. The Bertz CT molecular complexity index is 417. The molecule has 11 heteroatoms. The van der Waals surface area contributed by atoms with Crippen molar-refractivity contribution >= 4 is 11.9 Å². The summed E-state index contributed by atoms with van der Waals surface area (Å²) >= 11 is 0. The molecule has 0 aromatic rings. The molecule has 0 bridgehead atoms. The van der Waals surface area contributed by atoms with Crippen LogP contribution < -0.4 is 0 Å². The second-order valence-electron chi connectivity index (χ2n) is 5.49. The molecule has 11 nitrogen and oxygen atoms in total. The van der Waals surface area contributed by atoms with Crippen molar-refractivity contribution in [2.24, 2.45) is 0 Å². The van der Waals surface area contributed by atoms with Gasteiger partial charge in [-0.15, -0.1) is 0 Å². The highest BCUT2D eigenvalue weighted by molar-refractivity contribution is 5.81. The van der Waals surface area contributed by atoms with Crippen LogP contribution in [0.3, 0.4) is 0 Å². The lowest BCUT2D eigenvalue weighted by Gasteiger charge is -2.08. The molecule has 0 aliphatic rings. The molecule has 0 heterocycles. The lowest BCUT2D eigenvalue weighted by Crippen LogP contribution is -2.15. The van der Waals surface area contributed by atoms with Gasteiger partial charge in [-0.05, 0) is 0 Å². The number of carboxylic acids is 1. The van der Waals surface area contributed by atoms with Gasteiger partial charge in [0.25, 0.3) is 0 Å². The molecule has 30 heavy (non-hydrogen) atoms. The number of ether oxygens (including phenoxy) is 8.